The number of rotatable bonds is 7. The lowest BCUT2D eigenvalue weighted by Gasteiger charge is -2.20. The maximum Gasteiger partial charge on any atom is 0.319 e. The van der Waals surface area contributed by atoms with Crippen LogP contribution in [0.4, 0.5) is 10.5 Å². The Morgan fingerprint density at radius 2 is 1.62 bits per heavy atom. The van der Waals surface area contributed by atoms with Gasteiger partial charge in [0.15, 0.2) is 0 Å². The van der Waals surface area contributed by atoms with Crippen molar-refractivity contribution in [1.82, 2.24) is 15.1 Å². The van der Waals surface area contributed by atoms with Crippen LogP contribution in [0.3, 0.4) is 0 Å². The van der Waals surface area contributed by atoms with E-state index in [1.54, 1.807) is 24.3 Å². The van der Waals surface area contributed by atoms with Crippen LogP contribution >= 0.6 is 0 Å². The number of likely N-dealkylation sites (tertiary alicyclic amines) is 1. The van der Waals surface area contributed by atoms with Gasteiger partial charge in [0, 0.05) is 37.4 Å². The summed E-state index contributed by atoms with van der Waals surface area (Å²) in [5.74, 6) is 0.0853. The Hall–Kier alpha value is -2.08. The Morgan fingerprint density at radius 3 is 2.19 bits per heavy atom. The second-order valence-electron chi connectivity index (χ2n) is 6.69. The molecule has 1 saturated heterocycles. The average molecular weight is 361 g/mol. The van der Waals surface area contributed by atoms with Crippen molar-refractivity contribution >= 4 is 17.6 Å². The quantitative estimate of drug-likeness (QED) is 0.785. The summed E-state index contributed by atoms with van der Waals surface area (Å²) in [6.07, 6.45) is 4.57. The van der Waals surface area contributed by atoms with E-state index in [2.05, 4.69) is 29.4 Å². The summed E-state index contributed by atoms with van der Waals surface area (Å²) >= 11 is 0. The van der Waals surface area contributed by atoms with Gasteiger partial charge in [0.2, 0.25) is 0 Å². The van der Waals surface area contributed by atoms with Gasteiger partial charge in [-0.15, -0.1) is 0 Å². The first-order valence-electron chi connectivity index (χ1n) is 9.80. The van der Waals surface area contributed by atoms with E-state index in [-0.39, 0.29) is 11.9 Å². The van der Waals surface area contributed by atoms with E-state index in [0.717, 1.165) is 45.6 Å². The van der Waals surface area contributed by atoms with Crippen molar-refractivity contribution in [1.29, 1.82) is 0 Å². The predicted octanol–water partition coefficient (Wildman–Crippen LogP) is 3.17. The lowest BCUT2D eigenvalue weighted by Crippen LogP contribution is -2.36. The zero-order chi connectivity index (χ0) is 18.8. The fourth-order valence-corrected chi connectivity index (χ4v) is 3.20. The highest BCUT2D eigenvalue weighted by Crippen LogP contribution is 2.15. The van der Waals surface area contributed by atoms with Crippen molar-refractivity contribution in [2.45, 2.75) is 39.5 Å². The number of nitrogens with zero attached hydrogens (tertiary/aromatic N) is 2. The summed E-state index contributed by atoms with van der Waals surface area (Å²) in [5, 5.41) is 5.67. The molecule has 0 bridgehead atoms. The number of carbonyl (C=O) groups is 2. The Morgan fingerprint density at radius 1 is 1.00 bits per heavy atom. The van der Waals surface area contributed by atoms with Crippen molar-refractivity contribution in [3.8, 4) is 0 Å². The number of hydrogen-bond acceptors (Lipinski definition) is 3. The highest BCUT2D eigenvalue weighted by atomic mass is 16.2. The summed E-state index contributed by atoms with van der Waals surface area (Å²) in [7, 11) is 0. The summed E-state index contributed by atoms with van der Waals surface area (Å²) in [5.41, 5.74) is 1.37. The highest BCUT2D eigenvalue weighted by Gasteiger charge is 2.17. The molecule has 1 heterocycles. The maximum atomic E-state index is 12.6. The normalized spacial score (nSPS) is 14.8. The second kappa shape index (κ2) is 10.8. The predicted molar refractivity (Wildman–Crippen MR) is 106 cm³/mol. The first-order chi connectivity index (χ1) is 12.6. The molecule has 0 unspecified atom stereocenters. The zero-order valence-corrected chi connectivity index (χ0v) is 16.1. The number of anilines is 1. The van der Waals surface area contributed by atoms with Crippen LogP contribution in [-0.2, 0) is 0 Å². The molecule has 6 heteroatoms. The second-order valence-corrected chi connectivity index (χ2v) is 6.69. The molecule has 2 rings (SSSR count). The number of urea groups is 1. The van der Waals surface area contributed by atoms with Crippen molar-refractivity contribution in [2.75, 3.05) is 44.6 Å². The zero-order valence-electron chi connectivity index (χ0n) is 16.1. The van der Waals surface area contributed by atoms with E-state index in [9.17, 15) is 9.59 Å². The van der Waals surface area contributed by atoms with Gasteiger partial charge < -0.3 is 20.4 Å². The molecule has 0 atom stereocenters. The fourth-order valence-electron chi connectivity index (χ4n) is 3.20. The number of hydrogen-bond donors (Lipinski definition) is 2. The molecule has 0 spiro atoms. The molecule has 3 amide bonds. The van der Waals surface area contributed by atoms with Gasteiger partial charge >= 0.3 is 6.03 Å². The lowest BCUT2D eigenvalue weighted by atomic mass is 10.1. The van der Waals surface area contributed by atoms with Crippen molar-refractivity contribution in [3.05, 3.63) is 29.8 Å². The van der Waals surface area contributed by atoms with Gasteiger partial charge in [-0.3, -0.25) is 4.79 Å². The Kier molecular flexibility index (Phi) is 8.41. The minimum Gasteiger partial charge on any atom is -0.339 e. The van der Waals surface area contributed by atoms with Crippen LogP contribution < -0.4 is 10.6 Å². The van der Waals surface area contributed by atoms with Gasteiger partial charge in [-0.05, 0) is 50.2 Å². The number of carbonyl (C=O) groups excluding carboxylic acids is 2. The Bertz CT molecular complexity index is 562. The summed E-state index contributed by atoms with van der Waals surface area (Å²) in [4.78, 5) is 28.7. The van der Waals surface area contributed by atoms with Gasteiger partial charge in [0.1, 0.15) is 0 Å². The van der Waals surface area contributed by atoms with Gasteiger partial charge in [0.05, 0.1) is 0 Å². The molecule has 0 aliphatic carbocycles. The van der Waals surface area contributed by atoms with Crippen LogP contribution in [0.25, 0.3) is 0 Å². The first-order valence-corrected chi connectivity index (χ1v) is 9.80. The van der Waals surface area contributed by atoms with Crippen LogP contribution in [0.1, 0.15) is 49.9 Å². The molecule has 144 valence electrons. The lowest BCUT2D eigenvalue weighted by molar-refractivity contribution is 0.0761. The average Bonchev–Trinajstić information content (AvgIpc) is 2.95. The summed E-state index contributed by atoms with van der Waals surface area (Å²) in [6.45, 7) is 9.30. The van der Waals surface area contributed by atoms with Crippen LogP contribution in [0.5, 0.6) is 0 Å². The largest absolute Gasteiger partial charge is 0.339 e. The number of likely N-dealkylation sites (N-methyl/N-ethyl adjacent to an activating group) is 1. The Balaban J connectivity index is 1.81. The smallest absolute Gasteiger partial charge is 0.319 e. The van der Waals surface area contributed by atoms with E-state index in [1.165, 1.54) is 12.8 Å². The van der Waals surface area contributed by atoms with Gasteiger partial charge in [0.25, 0.3) is 5.91 Å². The minimum atomic E-state index is -0.219. The van der Waals surface area contributed by atoms with E-state index < -0.39 is 0 Å². The molecule has 2 N–H and O–H groups in total. The third kappa shape index (κ3) is 6.33. The van der Waals surface area contributed by atoms with E-state index >= 15 is 0 Å². The molecule has 6 nitrogen and oxygen atoms in total. The molecule has 1 aromatic carbocycles. The van der Waals surface area contributed by atoms with Crippen molar-refractivity contribution in [3.63, 3.8) is 0 Å². The molecule has 0 radical (unpaired) electrons. The molecule has 1 aliphatic heterocycles. The van der Waals surface area contributed by atoms with Crippen LogP contribution in [-0.4, -0.2) is 61.0 Å². The molecular weight excluding hydrogens is 328 g/mol. The third-order valence-corrected chi connectivity index (χ3v) is 4.89. The molecule has 0 aromatic heterocycles. The number of benzene rings is 1. The molecule has 1 aromatic rings. The molecule has 1 aliphatic rings. The van der Waals surface area contributed by atoms with Gasteiger partial charge in [-0.25, -0.2) is 4.79 Å². The third-order valence-electron chi connectivity index (χ3n) is 4.89. The molecule has 26 heavy (non-hydrogen) atoms. The number of nitrogens with one attached hydrogen (secondary N) is 2. The standard InChI is InChI=1S/C20H32N4O2/c1-3-23(4-2)16-13-21-20(26)22-18-11-9-17(10-12-18)19(25)24-14-7-5-6-8-15-24/h9-12H,3-8,13-16H2,1-2H3,(H2,21,22,26). The molecule has 0 saturated carbocycles. The van der Waals surface area contributed by atoms with Crippen LogP contribution in [0.2, 0.25) is 0 Å². The fraction of sp³-hybridized carbons (Fsp3) is 0.600. The molecule has 1 fully saturated rings. The van der Waals surface area contributed by atoms with Crippen LogP contribution in [0.15, 0.2) is 24.3 Å². The minimum absolute atomic E-state index is 0.0853. The summed E-state index contributed by atoms with van der Waals surface area (Å²) in [6, 6.07) is 6.94. The van der Waals surface area contributed by atoms with E-state index in [4.69, 9.17) is 0 Å². The van der Waals surface area contributed by atoms with E-state index in [0.29, 0.717) is 17.8 Å². The van der Waals surface area contributed by atoms with Crippen molar-refractivity contribution in [2.24, 2.45) is 0 Å². The van der Waals surface area contributed by atoms with Crippen LogP contribution in [0, 0.1) is 0 Å². The monoisotopic (exact) mass is 360 g/mol. The summed E-state index contributed by atoms with van der Waals surface area (Å²) < 4.78 is 0. The topological polar surface area (TPSA) is 64.7 Å². The highest BCUT2D eigenvalue weighted by molar-refractivity contribution is 5.95. The SMILES string of the molecule is CCN(CC)CCNC(=O)Nc1ccc(C(=O)N2CCCCCC2)cc1. The number of amides is 3. The maximum absolute atomic E-state index is 12.6. The van der Waals surface area contributed by atoms with Crippen molar-refractivity contribution < 1.29 is 9.59 Å². The molecular formula is C20H32N4O2. The Labute approximate surface area is 156 Å². The van der Waals surface area contributed by atoms with E-state index in [1.807, 2.05) is 4.90 Å². The first kappa shape index (κ1) is 20.2. The van der Waals surface area contributed by atoms with Gasteiger partial charge in [-0.2, -0.15) is 0 Å². The van der Waals surface area contributed by atoms with Gasteiger partial charge in [-0.1, -0.05) is 26.7 Å².